The molecular weight excluding hydrogens is 509 g/mol. The van der Waals surface area contributed by atoms with Gasteiger partial charge in [-0.15, -0.1) is 33.4 Å². The number of benzene rings is 2. The van der Waals surface area contributed by atoms with Gasteiger partial charge in [0.05, 0.1) is 51.7 Å². The van der Waals surface area contributed by atoms with Crippen molar-refractivity contribution in [1.82, 2.24) is 39.4 Å². The fourth-order valence-corrected chi connectivity index (χ4v) is 4.89. The number of nitrogens with zero attached hydrogens (tertiary/aromatic N) is 9. The first-order chi connectivity index (χ1) is 18.2. The van der Waals surface area contributed by atoms with E-state index in [2.05, 4.69) is 26.7 Å². The zero-order valence-electron chi connectivity index (χ0n) is 19.7. The monoisotopic (exact) mass is 529 g/mol. The quantitative estimate of drug-likeness (QED) is 0.256. The highest BCUT2D eigenvalue weighted by atomic mass is 35.5. The van der Waals surface area contributed by atoms with Gasteiger partial charge in [0.1, 0.15) is 11.6 Å². The Hall–Kier alpha value is -4.00. The van der Waals surface area contributed by atoms with E-state index < -0.39 is 0 Å². The van der Waals surface area contributed by atoms with Gasteiger partial charge in [0.25, 0.3) is 0 Å². The number of rotatable bonds is 8. The van der Waals surface area contributed by atoms with E-state index in [-0.39, 0.29) is 0 Å². The number of aromatic nitrogens is 8. The van der Waals surface area contributed by atoms with Crippen LogP contribution in [0.25, 0.3) is 39.0 Å². The Morgan fingerprint density at radius 3 is 2.27 bits per heavy atom. The molecule has 6 rings (SSSR count). The van der Waals surface area contributed by atoms with Gasteiger partial charge in [-0.2, -0.15) is 5.26 Å². The highest BCUT2D eigenvalue weighted by Crippen LogP contribution is 2.33. The lowest BCUT2D eigenvalue weighted by atomic mass is 10.1. The van der Waals surface area contributed by atoms with Crippen LogP contribution >= 0.6 is 23.2 Å². The highest BCUT2D eigenvalue weighted by molar-refractivity contribution is 6.18. The van der Waals surface area contributed by atoms with Gasteiger partial charge in [0.2, 0.25) is 0 Å². The van der Waals surface area contributed by atoms with Crippen molar-refractivity contribution in [2.24, 2.45) is 0 Å². The van der Waals surface area contributed by atoms with Crippen molar-refractivity contribution in [3.05, 3.63) is 71.8 Å². The fourth-order valence-electron chi connectivity index (χ4n) is 4.62. The van der Waals surface area contributed by atoms with Crippen LogP contribution in [-0.4, -0.2) is 51.1 Å². The summed E-state index contributed by atoms with van der Waals surface area (Å²) < 4.78 is 5.45. The van der Waals surface area contributed by atoms with Crippen LogP contribution < -0.4 is 0 Å². The van der Waals surface area contributed by atoms with E-state index in [1.165, 1.54) is 0 Å². The molecule has 2 aromatic carbocycles. The zero-order valence-corrected chi connectivity index (χ0v) is 21.2. The first-order valence-electron chi connectivity index (χ1n) is 11.9. The second-order valence-electron chi connectivity index (χ2n) is 8.69. The predicted octanol–water partition coefficient (Wildman–Crippen LogP) is 5.02. The van der Waals surface area contributed by atoms with Crippen molar-refractivity contribution in [2.45, 2.75) is 25.7 Å². The molecule has 37 heavy (non-hydrogen) atoms. The Balaban J connectivity index is 1.62. The van der Waals surface area contributed by atoms with Crippen molar-refractivity contribution in [2.75, 3.05) is 11.8 Å². The van der Waals surface area contributed by atoms with Gasteiger partial charge in [0.15, 0.2) is 5.65 Å². The lowest BCUT2D eigenvalue weighted by Crippen LogP contribution is -2.05. The van der Waals surface area contributed by atoms with Gasteiger partial charge in [-0.25, -0.2) is 14.3 Å². The smallest absolute Gasteiger partial charge is 0.158 e. The van der Waals surface area contributed by atoms with Gasteiger partial charge in [-0.05, 0) is 56.0 Å². The molecule has 9 nitrogen and oxygen atoms in total. The standard InChI is InChI=1S/C26H21Cl2N9/c27-11-3-5-17-15-35(33-31-17)19-9-10-20-24(13-19)37-23-8-2-1-7-22(23)30-26(37)21(14-29)25(20)36-16-18(32-34-36)6-4-12-28/h1-2,7-10,13,15-16H,3-6,11-12H2. The number of fused-ring (bicyclic) bond motifs is 5. The molecule has 6 aromatic rings. The molecule has 4 aromatic heterocycles. The summed E-state index contributed by atoms with van der Waals surface area (Å²) in [6, 6.07) is 16.2. The minimum absolute atomic E-state index is 0.425. The molecule has 0 atom stereocenters. The molecule has 0 radical (unpaired) electrons. The Morgan fingerprint density at radius 2 is 1.54 bits per heavy atom. The number of para-hydroxylation sites is 2. The molecule has 11 heteroatoms. The third-order valence-electron chi connectivity index (χ3n) is 6.32. The topological polar surface area (TPSA) is 103 Å². The predicted molar refractivity (Wildman–Crippen MR) is 143 cm³/mol. The molecule has 0 fully saturated rings. The van der Waals surface area contributed by atoms with E-state index in [1.54, 1.807) is 9.36 Å². The molecule has 0 aliphatic rings. The second kappa shape index (κ2) is 9.81. The van der Waals surface area contributed by atoms with E-state index in [1.807, 2.05) is 59.3 Å². The van der Waals surface area contributed by atoms with Crippen LogP contribution in [0.4, 0.5) is 0 Å². The molecule has 184 valence electrons. The van der Waals surface area contributed by atoms with Crippen molar-refractivity contribution >= 4 is 50.8 Å². The molecule has 0 saturated carbocycles. The maximum absolute atomic E-state index is 10.3. The van der Waals surface area contributed by atoms with Gasteiger partial charge >= 0.3 is 0 Å². The first-order valence-corrected chi connectivity index (χ1v) is 13.0. The minimum atomic E-state index is 0.425. The summed E-state index contributed by atoms with van der Waals surface area (Å²) in [5, 5.41) is 28.4. The van der Waals surface area contributed by atoms with E-state index >= 15 is 0 Å². The molecule has 4 heterocycles. The average molecular weight is 530 g/mol. The van der Waals surface area contributed by atoms with Gasteiger partial charge in [-0.1, -0.05) is 22.6 Å². The van der Waals surface area contributed by atoms with Crippen molar-refractivity contribution in [1.29, 1.82) is 5.26 Å². The van der Waals surface area contributed by atoms with Crippen molar-refractivity contribution < 1.29 is 0 Å². The molecule has 0 unspecified atom stereocenters. The summed E-state index contributed by atoms with van der Waals surface area (Å²) in [5.74, 6) is 1.12. The number of alkyl halides is 2. The average Bonchev–Trinajstić information content (AvgIpc) is 3.68. The maximum Gasteiger partial charge on any atom is 0.158 e. The molecule has 0 bridgehead atoms. The van der Waals surface area contributed by atoms with Crippen LogP contribution in [0, 0.1) is 11.3 Å². The zero-order chi connectivity index (χ0) is 25.4. The van der Waals surface area contributed by atoms with Gasteiger partial charge in [0, 0.05) is 17.1 Å². The molecular formula is C26H21Cl2N9. The van der Waals surface area contributed by atoms with Crippen LogP contribution in [0.1, 0.15) is 29.8 Å². The Bertz CT molecular complexity index is 1790. The number of halogens is 2. The third-order valence-corrected chi connectivity index (χ3v) is 6.85. The number of imidazole rings is 1. The van der Waals surface area contributed by atoms with Crippen molar-refractivity contribution in [3.8, 4) is 17.4 Å². The van der Waals surface area contributed by atoms with E-state index in [0.29, 0.717) is 35.1 Å². The molecule has 0 spiro atoms. The largest absolute Gasteiger partial charge is 0.291 e. The van der Waals surface area contributed by atoms with Crippen LogP contribution in [0.15, 0.2) is 54.9 Å². The Labute approximate surface area is 221 Å². The summed E-state index contributed by atoms with van der Waals surface area (Å²) in [4.78, 5) is 4.83. The Kier molecular flexibility index (Phi) is 6.20. The normalized spacial score (nSPS) is 11.6. The molecule has 0 aliphatic carbocycles. The summed E-state index contributed by atoms with van der Waals surface area (Å²) >= 11 is 11.7. The van der Waals surface area contributed by atoms with Crippen molar-refractivity contribution in [3.63, 3.8) is 0 Å². The second-order valence-corrected chi connectivity index (χ2v) is 9.45. The minimum Gasteiger partial charge on any atom is -0.291 e. The summed E-state index contributed by atoms with van der Waals surface area (Å²) in [5.41, 5.74) is 6.73. The molecule has 0 amide bonds. The molecule has 0 N–H and O–H groups in total. The number of hydrogen-bond acceptors (Lipinski definition) is 6. The van der Waals surface area contributed by atoms with Crippen LogP contribution in [0.3, 0.4) is 0 Å². The lowest BCUT2D eigenvalue weighted by Gasteiger charge is -2.13. The summed E-state index contributed by atoms with van der Waals surface area (Å²) in [6.45, 7) is 0. The first kappa shape index (κ1) is 23.4. The van der Waals surface area contributed by atoms with Crippen LogP contribution in [-0.2, 0) is 12.8 Å². The van der Waals surface area contributed by atoms with E-state index in [0.717, 1.165) is 58.3 Å². The molecule has 0 saturated heterocycles. The highest BCUT2D eigenvalue weighted by Gasteiger charge is 2.21. The summed E-state index contributed by atoms with van der Waals surface area (Å²) in [7, 11) is 0. The van der Waals surface area contributed by atoms with Gasteiger partial charge in [-0.3, -0.25) is 4.40 Å². The van der Waals surface area contributed by atoms with Gasteiger partial charge < -0.3 is 0 Å². The number of hydrogen-bond donors (Lipinski definition) is 0. The van der Waals surface area contributed by atoms with E-state index in [4.69, 9.17) is 28.2 Å². The fraction of sp³-hybridized carbons (Fsp3) is 0.231. The lowest BCUT2D eigenvalue weighted by molar-refractivity contribution is 0.790. The SMILES string of the molecule is N#Cc1c(-n2cc(CCCCl)nn2)c2ccc(-n3cc(CCCCl)nn3)cc2n2c1nc1ccccc12. The Morgan fingerprint density at radius 1 is 0.838 bits per heavy atom. The molecule has 0 aliphatic heterocycles. The third kappa shape index (κ3) is 4.08. The summed E-state index contributed by atoms with van der Waals surface area (Å²) in [6.07, 6.45) is 6.89. The number of aryl methyl sites for hydroxylation is 2. The van der Waals surface area contributed by atoms with Crippen LogP contribution in [0.2, 0.25) is 0 Å². The number of nitriles is 1. The number of pyridine rings is 1. The van der Waals surface area contributed by atoms with E-state index in [9.17, 15) is 5.26 Å². The maximum atomic E-state index is 10.3. The van der Waals surface area contributed by atoms with Crippen LogP contribution in [0.5, 0.6) is 0 Å².